The van der Waals surface area contributed by atoms with Gasteiger partial charge in [0.05, 0.1) is 19.2 Å². The Labute approximate surface area is 150 Å². The van der Waals surface area contributed by atoms with Gasteiger partial charge in [-0.25, -0.2) is 14.6 Å². The van der Waals surface area contributed by atoms with Crippen molar-refractivity contribution in [3.63, 3.8) is 0 Å². The van der Waals surface area contributed by atoms with Crippen molar-refractivity contribution < 1.29 is 9.53 Å². The average Bonchev–Trinajstić information content (AvgIpc) is 2.94. The van der Waals surface area contributed by atoms with E-state index in [2.05, 4.69) is 25.7 Å². The molecular formula is C16H15BrN4O4. The molecule has 25 heavy (non-hydrogen) atoms. The number of ether oxygens (including phenoxy) is 1. The van der Waals surface area contributed by atoms with E-state index >= 15 is 0 Å². The molecule has 130 valence electrons. The van der Waals surface area contributed by atoms with E-state index in [0.29, 0.717) is 22.5 Å². The molecule has 2 heterocycles. The van der Waals surface area contributed by atoms with E-state index < -0.39 is 17.2 Å². The van der Waals surface area contributed by atoms with Gasteiger partial charge in [0.25, 0.3) is 5.56 Å². The highest BCUT2D eigenvalue weighted by Crippen LogP contribution is 2.19. The Morgan fingerprint density at radius 1 is 1.16 bits per heavy atom. The molecule has 0 bridgehead atoms. The Morgan fingerprint density at radius 3 is 2.40 bits per heavy atom. The molecule has 0 saturated heterocycles. The number of imidazole rings is 1. The van der Waals surface area contributed by atoms with Crippen molar-refractivity contribution in [2.24, 2.45) is 14.1 Å². The summed E-state index contributed by atoms with van der Waals surface area (Å²) in [5.41, 5.74) is 1.09. The van der Waals surface area contributed by atoms with E-state index in [1.54, 1.807) is 35.9 Å². The summed E-state index contributed by atoms with van der Waals surface area (Å²) in [5.74, 6) is -0.410. The molecule has 3 aromatic rings. The second kappa shape index (κ2) is 6.32. The Bertz CT molecular complexity index is 1090. The van der Waals surface area contributed by atoms with Gasteiger partial charge in [-0.3, -0.25) is 18.5 Å². The van der Waals surface area contributed by atoms with Gasteiger partial charge in [-0.15, -0.1) is 0 Å². The summed E-state index contributed by atoms with van der Waals surface area (Å²) in [7, 11) is 4.34. The minimum atomic E-state index is -0.446. The SMILES string of the molecule is COC(=O)c1ccc(Cn2c(Br)nc3c(=O)n(C)c(=O)n(C)c32)cc1. The van der Waals surface area contributed by atoms with Crippen molar-refractivity contribution in [3.8, 4) is 0 Å². The minimum Gasteiger partial charge on any atom is -0.465 e. The van der Waals surface area contributed by atoms with Gasteiger partial charge >= 0.3 is 11.7 Å². The first kappa shape index (κ1) is 17.2. The maximum Gasteiger partial charge on any atom is 0.337 e. The summed E-state index contributed by atoms with van der Waals surface area (Å²) in [6, 6.07) is 6.88. The van der Waals surface area contributed by atoms with Crippen LogP contribution in [0.1, 0.15) is 15.9 Å². The smallest absolute Gasteiger partial charge is 0.337 e. The first-order valence-corrected chi connectivity index (χ1v) is 8.13. The van der Waals surface area contributed by atoms with Gasteiger partial charge in [-0.2, -0.15) is 0 Å². The minimum absolute atomic E-state index is 0.211. The molecule has 0 aliphatic heterocycles. The number of nitrogens with zero attached hydrogens (tertiary/aromatic N) is 4. The molecule has 0 unspecified atom stereocenters. The van der Waals surface area contributed by atoms with E-state index in [1.165, 1.54) is 18.7 Å². The fourth-order valence-electron chi connectivity index (χ4n) is 2.65. The Hall–Kier alpha value is -2.68. The number of aryl methyl sites for hydroxylation is 1. The number of hydrogen-bond donors (Lipinski definition) is 0. The highest BCUT2D eigenvalue weighted by molar-refractivity contribution is 9.10. The second-order valence-corrected chi connectivity index (χ2v) is 6.24. The molecule has 0 atom stereocenters. The maximum absolute atomic E-state index is 12.3. The first-order valence-electron chi connectivity index (χ1n) is 7.34. The third-order valence-electron chi connectivity index (χ3n) is 4.01. The van der Waals surface area contributed by atoms with Crippen molar-refractivity contribution >= 4 is 33.1 Å². The van der Waals surface area contributed by atoms with Crippen LogP contribution in [0.4, 0.5) is 0 Å². The summed E-state index contributed by atoms with van der Waals surface area (Å²) >= 11 is 3.35. The molecule has 0 aliphatic rings. The highest BCUT2D eigenvalue weighted by atomic mass is 79.9. The number of benzene rings is 1. The van der Waals surface area contributed by atoms with Crippen LogP contribution in [-0.2, 0) is 25.4 Å². The standard InChI is InChI=1S/C16H15BrN4O4/c1-19-12-11(13(22)20(2)16(19)24)18-15(17)21(12)8-9-4-6-10(7-5-9)14(23)25-3/h4-7H,8H2,1-3H3. The van der Waals surface area contributed by atoms with Gasteiger partial charge in [0.15, 0.2) is 15.9 Å². The first-order chi connectivity index (χ1) is 11.8. The number of esters is 1. The van der Waals surface area contributed by atoms with Gasteiger partial charge in [0, 0.05) is 14.1 Å². The van der Waals surface area contributed by atoms with Crippen LogP contribution in [0.25, 0.3) is 11.2 Å². The number of methoxy groups -OCH3 is 1. The Balaban J connectivity index is 2.11. The maximum atomic E-state index is 12.3. The van der Waals surface area contributed by atoms with Crippen molar-refractivity contribution in [1.29, 1.82) is 0 Å². The molecule has 2 aromatic heterocycles. The molecule has 9 heteroatoms. The van der Waals surface area contributed by atoms with Crippen molar-refractivity contribution in [3.05, 3.63) is 61.0 Å². The van der Waals surface area contributed by atoms with Crippen molar-refractivity contribution in [2.45, 2.75) is 6.54 Å². The molecule has 1 aromatic carbocycles. The van der Waals surface area contributed by atoms with Gasteiger partial charge < -0.3 is 4.74 Å². The number of hydrogen-bond acceptors (Lipinski definition) is 5. The third-order valence-corrected chi connectivity index (χ3v) is 4.61. The van der Waals surface area contributed by atoms with Gasteiger partial charge in [0.1, 0.15) is 0 Å². The topological polar surface area (TPSA) is 88.1 Å². The molecular weight excluding hydrogens is 392 g/mol. The number of aromatic nitrogens is 4. The molecule has 3 rings (SSSR count). The van der Waals surface area contributed by atoms with Crippen LogP contribution < -0.4 is 11.2 Å². The third kappa shape index (κ3) is 2.80. The molecule has 0 saturated carbocycles. The molecule has 0 fully saturated rings. The van der Waals surface area contributed by atoms with E-state index in [1.807, 2.05) is 0 Å². The molecule has 0 spiro atoms. The van der Waals surface area contributed by atoms with Crippen LogP contribution in [0.3, 0.4) is 0 Å². The fraction of sp³-hybridized carbons (Fsp3) is 0.250. The predicted octanol–water partition coefficient (Wildman–Crippen LogP) is 1.03. The van der Waals surface area contributed by atoms with Crippen LogP contribution in [-0.4, -0.2) is 31.8 Å². The van der Waals surface area contributed by atoms with E-state index in [9.17, 15) is 14.4 Å². The summed E-state index contributed by atoms with van der Waals surface area (Å²) in [4.78, 5) is 40.2. The number of carbonyl (C=O) groups is 1. The highest BCUT2D eigenvalue weighted by Gasteiger charge is 2.18. The van der Waals surface area contributed by atoms with Crippen LogP contribution in [0.5, 0.6) is 0 Å². The van der Waals surface area contributed by atoms with Gasteiger partial charge in [-0.05, 0) is 33.6 Å². The van der Waals surface area contributed by atoms with E-state index in [0.717, 1.165) is 10.1 Å². The normalized spacial score (nSPS) is 11.0. The zero-order valence-corrected chi connectivity index (χ0v) is 15.4. The number of rotatable bonds is 3. The van der Waals surface area contributed by atoms with E-state index in [4.69, 9.17) is 0 Å². The molecule has 8 nitrogen and oxygen atoms in total. The van der Waals surface area contributed by atoms with Crippen molar-refractivity contribution in [1.82, 2.24) is 18.7 Å². The number of fused-ring (bicyclic) bond motifs is 1. The zero-order chi connectivity index (χ0) is 18.3. The summed E-state index contributed by atoms with van der Waals surface area (Å²) < 4.78 is 9.26. The lowest BCUT2D eigenvalue weighted by Crippen LogP contribution is -2.37. The summed E-state index contributed by atoms with van der Waals surface area (Å²) in [6.45, 7) is 0.374. The molecule has 0 amide bonds. The summed E-state index contributed by atoms with van der Waals surface area (Å²) in [5, 5.41) is 0. The lowest BCUT2D eigenvalue weighted by Gasteiger charge is -2.10. The van der Waals surface area contributed by atoms with Crippen LogP contribution in [0.15, 0.2) is 38.6 Å². The Morgan fingerprint density at radius 2 is 1.80 bits per heavy atom. The van der Waals surface area contributed by atoms with Crippen LogP contribution in [0, 0.1) is 0 Å². The lowest BCUT2D eigenvalue weighted by molar-refractivity contribution is 0.0600. The lowest BCUT2D eigenvalue weighted by atomic mass is 10.1. The van der Waals surface area contributed by atoms with Crippen molar-refractivity contribution in [2.75, 3.05) is 7.11 Å². The van der Waals surface area contributed by atoms with Gasteiger partial charge in [0.2, 0.25) is 0 Å². The van der Waals surface area contributed by atoms with Crippen LogP contribution in [0.2, 0.25) is 0 Å². The molecule has 0 N–H and O–H groups in total. The van der Waals surface area contributed by atoms with Crippen LogP contribution >= 0.6 is 15.9 Å². The molecule has 0 radical (unpaired) electrons. The number of halogens is 1. The van der Waals surface area contributed by atoms with E-state index in [-0.39, 0.29) is 5.52 Å². The predicted molar refractivity (Wildman–Crippen MR) is 94.8 cm³/mol. The average molecular weight is 407 g/mol. The monoisotopic (exact) mass is 406 g/mol. The number of carbonyl (C=O) groups excluding carboxylic acids is 1. The zero-order valence-electron chi connectivity index (χ0n) is 13.8. The molecule has 0 aliphatic carbocycles. The second-order valence-electron chi connectivity index (χ2n) is 5.53. The fourth-order valence-corrected chi connectivity index (χ4v) is 3.12. The quantitative estimate of drug-likeness (QED) is 0.478. The van der Waals surface area contributed by atoms with Gasteiger partial charge in [-0.1, -0.05) is 12.1 Å². The largest absolute Gasteiger partial charge is 0.465 e. The Kier molecular flexibility index (Phi) is 4.34. The summed E-state index contributed by atoms with van der Waals surface area (Å²) in [6.07, 6.45) is 0.